The van der Waals surface area contributed by atoms with Crippen molar-refractivity contribution in [2.24, 2.45) is 0 Å². The van der Waals surface area contributed by atoms with Gasteiger partial charge in [-0.15, -0.1) is 0 Å². The summed E-state index contributed by atoms with van der Waals surface area (Å²) < 4.78 is 40.1. The second-order valence-corrected chi connectivity index (χ2v) is 12.0. The number of hydrogen-bond acceptors (Lipinski definition) is 7. The maximum atomic E-state index is 14.6. The van der Waals surface area contributed by atoms with Crippen molar-refractivity contribution in [2.45, 2.75) is 26.3 Å². The predicted molar refractivity (Wildman–Crippen MR) is 163 cm³/mol. The van der Waals surface area contributed by atoms with Crippen LogP contribution in [0.5, 0.6) is 0 Å². The van der Waals surface area contributed by atoms with Gasteiger partial charge in [0.15, 0.2) is 5.82 Å². The molecule has 0 unspecified atom stereocenters. The molecule has 0 aliphatic carbocycles. The van der Waals surface area contributed by atoms with Gasteiger partial charge >= 0.3 is 0 Å². The summed E-state index contributed by atoms with van der Waals surface area (Å²) in [5, 5.41) is 11.1. The standard InChI is InChI=1S/C30H27FN8O3S/c1-3-5-27(40)35-21-11-19(14-32-15-21)25-12-23-26(16-33-25)38-39-29(23)30-36-24-7-4-6-22(28(24)37-30)18-8-17(9-20(31)10-18)13-34-43(2,41)42/h4,6-12,14-16,34H,3,5,13H2,1-2H3,(H,35,40)(H,36,37)(H,38,39). The van der Waals surface area contributed by atoms with E-state index in [-0.39, 0.29) is 12.5 Å². The Kier molecular flexibility index (Phi) is 7.42. The van der Waals surface area contributed by atoms with E-state index in [4.69, 9.17) is 4.98 Å². The summed E-state index contributed by atoms with van der Waals surface area (Å²) in [6.45, 7) is 1.91. The first-order valence-electron chi connectivity index (χ1n) is 13.5. The van der Waals surface area contributed by atoms with Crippen LogP contribution in [0, 0.1) is 5.82 Å². The molecule has 4 aromatic heterocycles. The van der Waals surface area contributed by atoms with Crippen LogP contribution < -0.4 is 10.0 Å². The van der Waals surface area contributed by atoms with E-state index in [2.05, 4.69) is 35.2 Å². The van der Waals surface area contributed by atoms with Gasteiger partial charge in [0.2, 0.25) is 15.9 Å². The second-order valence-electron chi connectivity index (χ2n) is 10.2. The van der Waals surface area contributed by atoms with Gasteiger partial charge in [-0.3, -0.25) is 19.9 Å². The minimum absolute atomic E-state index is 0.0372. The summed E-state index contributed by atoms with van der Waals surface area (Å²) in [5.74, 6) is -0.0661. The highest BCUT2D eigenvalue weighted by atomic mass is 32.2. The molecule has 4 N–H and O–H groups in total. The maximum Gasteiger partial charge on any atom is 0.224 e. The summed E-state index contributed by atoms with van der Waals surface area (Å²) in [5.41, 5.74) is 6.27. The van der Waals surface area contributed by atoms with Gasteiger partial charge in [-0.25, -0.2) is 22.5 Å². The number of anilines is 1. The zero-order valence-electron chi connectivity index (χ0n) is 23.3. The van der Waals surface area contributed by atoms with Crippen molar-refractivity contribution in [2.75, 3.05) is 11.6 Å². The molecular weight excluding hydrogens is 571 g/mol. The Morgan fingerprint density at radius 3 is 2.70 bits per heavy atom. The number of carbonyl (C=O) groups is 1. The van der Waals surface area contributed by atoms with Gasteiger partial charge in [-0.2, -0.15) is 5.10 Å². The number of halogens is 1. The van der Waals surface area contributed by atoms with Crippen molar-refractivity contribution in [3.05, 3.63) is 78.5 Å². The number of carbonyl (C=O) groups excluding carboxylic acids is 1. The van der Waals surface area contributed by atoms with Crippen molar-refractivity contribution >= 4 is 43.6 Å². The van der Waals surface area contributed by atoms with Crippen molar-refractivity contribution in [1.82, 2.24) is 34.9 Å². The molecule has 0 aliphatic heterocycles. The Labute approximate surface area is 246 Å². The molecule has 218 valence electrons. The van der Waals surface area contributed by atoms with Gasteiger partial charge in [0.1, 0.15) is 11.5 Å². The lowest BCUT2D eigenvalue weighted by molar-refractivity contribution is -0.116. The van der Waals surface area contributed by atoms with Crippen LogP contribution in [-0.4, -0.2) is 50.7 Å². The molecule has 13 heteroatoms. The van der Waals surface area contributed by atoms with E-state index >= 15 is 0 Å². The highest BCUT2D eigenvalue weighted by molar-refractivity contribution is 7.88. The fourth-order valence-corrected chi connectivity index (χ4v) is 5.28. The first-order chi connectivity index (χ1) is 20.7. The number of fused-ring (bicyclic) bond motifs is 2. The largest absolute Gasteiger partial charge is 0.337 e. The average Bonchev–Trinajstić information content (AvgIpc) is 3.59. The Bertz CT molecular complexity index is 2110. The lowest BCUT2D eigenvalue weighted by atomic mass is 10.0. The first-order valence-corrected chi connectivity index (χ1v) is 15.4. The zero-order valence-corrected chi connectivity index (χ0v) is 24.1. The lowest BCUT2D eigenvalue weighted by Gasteiger charge is -2.08. The highest BCUT2D eigenvalue weighted by Gasteiger charge is 2.17. The SMILES string of the molecule is CCCC(=O)Nc1cncc(-c2cc3c(-c4nc5c(-c6cc(F)cc(CNS(C)(=O)=O)c6)cccc5[nH]4)n[nH]c3cn2)c1. The third kappa shape index (κ3) is 6.12. The number of pyridine rings is 2. The van der Waals surface area contributed by atoms with Crippen LogP contribution in [-0.2, 0) is 21.4 Å². The normalized spacial score (nSPS) is 11.8. The zero-order chi connectivity index (χ0) is 30.1. The Balaban J connectivity index is 1.37. The molecular formula is C30H27FN8O3S. The van der Waals surface area contributed by atoms with E-state index in [0.29, 0.717) is 57.0 Å². The number of para-hydroxylation sites is 1. The summed E-state index contributed by atoms with van der Waals surface area (Å²) in [6.07, 6.45) is 7.17. The average molecular weight is 599 g/mol. The summed E-state index contributed by atoms with van der Waals surface area (Å²) in [4.78, 5) is 29.0. The maximum absolute atomic E-state index is 14.6. The fourth-order valence-electron chi connectivity index (χ4n) is 4.85. The van der Waals surface area contributed by atoms with Crippen LogP contribution in [0.15, 0.2) is 67.1 Å². The molecule has 0 bridgehead atoms. The van der Waals surface area contributed by atoms with Crippen LogP contribution >= 0.6 is 0 Å². The van der Waals surface area contributed by atoms with Gasteiger partial charge in [0.25, 0.3) is 0 Å². The minimum Gasteiger partial charge on any atom is -0.337 e. The van der Waals surface area contributed by atoms with Gasteiger partial charge in [0, 0.05) is 35.7 Å². The molecule has 0 saturated carbocycles. The minimum atomic E-state index is -3.44. The third-order valence-electron chi connectivity index (χ3n) is 6.79. The van der Waals surface area contributed by atoms with Gasteiger partial charge in [-0.05, 0) is 53.9 Å². The molecule has 1 amide bonds. The Morgan fingerprint density at radius 1 is 1.02 bits per heavy atom. The fraction of sp³-hybridized carbons (Fsp3) is 0.167. The topological polar surface area (TPSA) is 158 Å². The number of amides is 1. The Morgan fingerprint density at radius 2 is 1.88 bits per heavy atom. The number of benzene rings is 2. The molecule has 0 saturated heterocycles. The molecule has 0 aliphatic rings. The smallest absolute Gasteiger partial charge is 0.224 e. The van der Waals surface area contributed by atoms with Gasteiger partial charge < -0.3 is 10.3 Å². The van der Waals surface area contributed by atoms with E-state index in [1.54, 1.807) is 24.7 Å². The number of nitrogens with zero attached hydrogens (tertiary/aromatic N) is 4. The molecule has 11 nitrogen and oxygen atoms in total. The molecule has 43 heavy (non-hydrogen) atoms. The molecule has 0 fully saturated rings. The number of H-pyrrole nitrogens is 2. The number of aromatic amines is 2. The van der Waals surface area contributed by atoms with Gasteiger partial charge in [0.05, 0.1) is 46.6 Å². The molecule has 0 atom stereocenters. The number of imidazole rings is 1. The highest BCUT2D eigenvalue weighted by Crippen LogP contribution is 2.33. The predicted octanol–water partition coefficient (Wildman–Crippen LogP) is 5.16. The van der Waals surface area contributed by atoms with Gasteiger partial charge in [-0.1, -0.05) is 19.1 Å². The monoisotopic (exact) mass is 598 g/mol. The van der Waals surface area contributed by atoms with Crippen molar-refractivity contribution in [3.63, 3.8) is 0 Å². The van der Waals surface area contributed by atoms with Crippen LogP contribution in [0.3, 0.4) is 0 Å². The Hall–Kier alpha value is -5.01. The molecule has 0 radical (unpaired) electrons. The van der Waals surface area contributed by atoms with E-state index in [0.717, 1.165) is 29.1 Å². The number of sulfonamides is 1. The van der Waals surface area contributed by atoms with Crippen molar-refractivity contribution in [3.8, 4) is 33.9 Å². The van der Waals surface area contributed by atoms with E-state index in [9.17, 15) is 17.6 Å². The van der Waals surface area contributed by atoms with Crippen molar-refractivity contribution in [1.29, 1.82) is 0 Å². The number of hydrogen-bond donors (Lipinski definition) is 4. The lowest BCUT2D eigenvalue weighted by Crippen LogP contribution is -2.21. The molecule has 2 aromatic carbocycles. The molecule has 6 aromatic rings. The quantitative estimate of drug-likeness (QED) is 0.179. The van der Waals surface area contributed by atoms with E-state index in [1.165, 1.54) is 12.1 Å². The number of aromatic nitrogens is 6. The van der Waals surface area contributed by atoms with Crippen LogP contribution in [0.2, 0.25) is 0 Å². The van der Waals surface area contributed by atoms with Crippen LogP contribution in [0.1, 0.15) is 25.3 Å². The van der Waals surface area contributed by atoms with Crippen molar-refractivity contribution < 1.29 is 17.6 Å². The number of rotatable bonds is 9. The number of nitrogens with one attached hydrogen (secondary N) is 4. The molecule has 4 heterocycles. The molecule has 0 spiro atoms. The summed E-state index contributed by atoms with van der Waals surface area (Å²) in [7, 11) is -3.44. The summed E-state index contributed by atoms with van der Waals surface area (Å²) >= 11 is 0. The second kappa shape index (κ2) is 11.3. The molecule has 6 rings (SSSR count). The van der Waals surface area contributed by atoms with Crippen LogP contribution in [0.4, 0.5) is 10.1 Å². The summed E-state index contributed by atoms with van der Waals surface area (Å²) in [6, 6.07) is 13.7. The van der Waals surface area contributed by atoms with E-state index in [1.807, 2.05) is 37.3 Å². The third-order valence-corrected chi connectivity index (χ3v) is 7.45. The first kappa shape index (κ1) is 28.1. The van der Waals surface area contributed by atoms with E-state index < -0.39 is 15.8 Å². The van der Waals surface area contributed by atoms with Crippen LogP contribution in [0.25, 0.3) is 55.8 Å².